The molecule has 1 unspecified atom stereocenters. The third kappa shape index (κ3) is 2.19. The molecule has 1 atom stereocenters. The van der Waals surface area contributed by atoms with E-state index in [1.165, 1.54) is 5.56 Å². The van der Waals surface area contributed by atoms with Crippen LogP contribution >= 0.6 is 0 Å². The first-order valence-corrected chi connectivity index (χ1v) is 6.44. The van der Waals surface area contributed by atoms with Crippen LogP contribution in [0.4, 0.5) is 10.5 Å². The molecule has 0 aromatic heterocycles. The maximum absolute atomic E-state index is 12.1. The lowest BCUT2D eigenvalue weighted by molar-refractivity contribution is 0.251. The standard InChI is InChI=1S/C16H16N2O/c1-12-7-9-14(10-8-12)18-15(11-17-16(18)19)13-5-3-2-4-6-13/h2-10,15H,11H2,1H3,(H,17,19). The van der Waals surface area contributed by atoms with E-state index in [1.54, 1.807) is 0 Å². The van der Waals surface area contributed by atoms with Crippen molar-refractivity contribution in [2.24, 2.45) is 0 Å². The minimum absolute atomic E-state index is 0.0299. The van der Waals surface area contributed by atoms with Crippen LogP contribution in [0.1, 0.15) is 17.2 Å². The molecular formula is C16H16N2O. The zero-order valence-corrected chi connectivity index (χ0v) is 10.8. The number of nitrogens with one attached hydrogen (secondary N) is 1. The van der Waals surface area contributed by atoms with E-state index >= 15 is 0 Å². The third-order valence-electron chi connectivity index (χ3n) is 3.47. The predicted octanol–water partition coefficient (Wildman–Crippen LogP) is 3.27. The fourth-order valence-electron chi connectivity index (χ4n) is 2.45. The second-order valence-electron chi connectivity index (χ2n) is 4.82. The van der Waals surface area contributed by atoms with Crippen LogP contribution in [0.15, 0.2) is 54.6 Å². The van der Waals surface area contributed by atoms with E-state index in [0.29, 0.717) is 6.54 Å². The van der Waals surface area contributed by atoms with Crippen molar-refractivity contribution in [2.75, 3.05) is 11.4 Å². The van der Waals surface area contributed by atoms with Crippen molar-refractivity contribution in [1.82, 2.24) is 5.32 Å². The van der Waals surface area contributed by atoms with Gasteiger partial charge in [-0.3, -0.25) is 4.90 Å². The highest BCUT2D eigenvalue weighted by Crippen LogP contribution is 2.30. The summed E-state index contributed by atoms with van der Waals surface area (Å²) in [7, 11) is 0. The highest BCUT2D eigenvalue weighted by Gasteiger charge is 2.32. The van der Waals surface area contributed by atoms with E-state index in [-0.39, 0.29) is 12.1 Å². The monoisotopic (exact) mass is 252 g/mol. The molecule has 0 bridgehead atoms. The second kappa shape index (κ2) is 4.76. The zero-order chi connectivity index (χ0) is 13.2. The Morgan fingerprint density at radius 2 is 1.74 bits per heavy atom. The smallest absolute Gasteiger partial charge is 0.322 e. The summed E-state index contributed by atoms with van der Waals surface area (Å²) in [5, 5.41) is 2.92. The third-order valence-corrected chi connectivity index (χ3v) is 3.47. The van der Waals surface area contributed by atoms with Gasteiger partial charge in [0.2, 0.25) is 0 Å². The quantitative estimate of drug-likeness (QED) is 0.874. The highest BCUT2D eigenvalue weighted by atomic mass is 16.2. The van der Waals surface area contributed by atoms with Crippen molar-refractivity contribution < 1.29 is 4.79 Å². The van der Waals surface area contributed by atoms with Gasteiger partial charge < -0.3 is 5.32 Å². The maximum atomic E-state index is 12.1. The number of rotatable bonds is 2. The average molecular weight is 252 g/mol. The van der Waals surface area contributed by atoms with Gasteiger partial charge in [-0.2, -0.15) is 0 Å². The molecule has 1 aliphatic rings. The van der Waals surface area contributed by atoms with Gasteiger partial charge in [0.15, 0.2) is 0 Å². The first-order chi connectivity index (χ1) is 9.25. The minimum atomic E-state index is -0.0299. The van der Waals surface area contributed by atoms with Gasteiger partial charge in [0, 0.05) is 12.2 Å². The summed E-state index contributed by atoms with van der Waals surface area (Å²) < 4.78 is 0. The summed E-state index contributed by atoms with van der Waals surface area (Å²) in [4.78, 5) is 13.9. The van der Waals surface area contributed by atoms with Crippen LogP contribution in [-0.4, -0.2) is 12.6 Å². The molecule has 1 heterocycles. The van der Waals surface area contributed by atoms with Crippen molar-refractivity contribution in [2.45, 2.75) is 13.0 Å². The molecule has 1 N–H and O–H groups in total. The molecule has 3 nitrogen and oxygen atoms in total. The largest absolute Gasteiger partial charge is 0.335 e. The molecule has 3 heteroatoms. The summed E-state index contributed by atoms with van der Waals surface area (Å²) in [6.45, 7) is 2.69. The Hall–Kier alpha value is -2.29. The molecular weight excluding hydrogens is 236 g/mol. The molecule has 1 aliphatic heterocycles. The molecule has 0 radical (unpaired) electrons. The summed E-state index contributed by atoms with van der Waals surface area (Å²) in [5.74, 6) is 0. The van der Waals surface area contributed by atoms with Crippen molar-refractivity contribution in [1.29, 1.82) is 0 Å². The Morgan fingerprint density at radius 1 is 1.05 bits per heavy atom. The second-order valence-corrected chi connectivity index (χ2v) is 4.82. The van der Waals surface area contributed by atoms with Gasteiger partial charge in [-0.25, -0.2) is 4.79 Å². The molecule has 0 saturated carbocycles. The Kier molecular flexibility index (Phi) is 2.95. The van der Waals surface area contributed by atoms with Crippen molar-refractivity contribution >= 4 is 11.7 Å². The number of anilines is 1. The minimum Gasteiger partial charge on any atom is -0.335 e. The molecule has 1 fully saturated rings. The van der Waals surface area contributed by atoms with Crippen molar-refractivity contribution in [3.05, 3.63) is 65.7 Å². The van der Waals surface area contributed by atoms with Crippen LogP contribution in [0.25, 0.3) is 0 Å². The number of aryl methyl sites for hydroxylation is 1. The first kappa shape index (κ1) is 11.8. The van der Waals surface area contributed by atoms with Gasteiger partial charge in [0.05, 0.1) is 6.04 Å². The van der Waals surface area contributed by atoms with Crippen molar-refractivity contribution in [3.63, 3.8) is 0 Å². The molecule has 2 aromatic carbocycles. The highest BCUT2D eigenvalue weighted by molar-refractivity contribution is 5.95. The summed E-state index contributed by atoms with van der Waals surface area (Å²) >= 11 is 0. The normalized spacial score (nSPS) is 18.5. The maximum Gasteiger partial charge on any atom is 0.322 e. The molecule has 0 aliphatic carbocycles. The summed E-state index contributed by atoms with van der Waals surface area (Å²) in [6, 6.07) is 18.2. The van der Waals surface area contributed by atoms with Crippen LogP contribution in [0.3, 0.4) is 0 Å². The summed E-state index contributed by atoms with van der Waals surface area (Å²) in [5.41, 5.74) is 3.29. The molecule has 3 rings (SSSR count). The lowest BCUT2D eigenvalue weighted by Gasteiger charge is -2.23. The molecule has 19 heavy (non-hydrogen) atoms. The van der Waals surface area contributed by atoms with E-state index < -0.39 is 0 Å². The Bertz CT molecular complexity index is 577. The van der Waals surface area contributed by atoms with Gasteiger partial charge in [0.1, 0.15) is 0 Å². The van der Waals surface area contributed by atoms with E-state index in [1.807, 2.05) is 54.3 Å². The number of amides is 2. The fraction of sp³-hybridized carbons (Fsp3) is 0.188. The predicted molar refractivity (Wildman–Crippen MR) is 76.2 cm³/mol. The fourth-order valence-corrected chi connectivity index (χ4v) is 2.45. The molecule has 2 amide bonds. The number of carbonyl (C=O) groups excluding carboxylic acids is 1. The van der Waals surface area contributed by atoms with Gasteiger partial charge >= 0.3 is 6.03 Å². The first-order valence-electron chi connectivity index (χ1n) is 6.44. The Labute approximate surface area is 112 Å². The number of carbonyl (C=O) groups is 1. The lowest BCUT2D eigenvalue weighted by atomic mass is 10.1. The van der Waals surface area contributed by atoms with E-state index in [0.717, 1.165) is 11.3 Å². The lowest BCUT2D eigenvalue weighted by Crippen LogP contribution is -2.29. The van der Waals surface area contributed by atoms with Gasteiger partial charge in [-0.1, -0.05) is 48.0 Å². The summed E-state index contributed by atoms with van der Waals surface area (Å²) in [6.07, 6.45) is 0. The number of hydrogen-bond donors (Lipinski definition) is 1. The molecule has 1 saturated heterocycles. The van der Waals surface area contributed by atoms with Crippen LogP contribution in [0.5, 0.6) is 0 Å². The van der Waals surface area contributed by atoms with Gasteiger partial charge in [-0.15, -0.1) is 0 Å². The number of hydrogen-bond acceptors (Lipinski definition) is 1. The van der Waals surface area contributed by atoms with Gasteiger partial charge in [-0.05, 0) is 24.6 Å². The van der Waals surface area contributed by atoms with E-state index in [4.69, 9.17) is 0 Å². The van der Waals surface area contributed by atoms with E-state index in [9.17, 15) is 4.79 Å². The number of urea groups is 1. The topological polar surface area (TPSA) is 32.3 Å². The van der Waals surface area contributed by atoms with Crippen LogP contribution < -0.4 is 10.2 Å². The number of benzene rings is 2. The van der Waals surface area contributed by atoms with Crippen LogP contribution in [-0.2, 0) is 0 Å². The SMILES string of the molecule is Cc1ccc(N2C(=O)NCC2c2ccccc2)cc1. The van der Waals surface area contributed by atoms with Crippen LogP contribution in [0, 0.1) is 6.92 Å². The van der Waals surface area contributed by atoms with Crippen molar-refractivity contribution in [3.8, 4) is 0 Å². The molecule has 0 spiro atoms. The van der Waals surface area contributed by atoms with Gasteiger partial charge in [0.25, 0.3) is 0 Å². The zero-order valence-electron chi connectivity index (χ0n) is 10.8. The average Bonchev–Trinajstić information content (AvgIpc) is 2.83. The molecule has 96 valence electrons. The Morgan fingerprint density at radius 3 is 2.42 bits per heavy atom. The number of nitrogens with zero attached hydrogens (tertiary/aromatic N) is 1. The Balaban J connectivity index is 1.97. The van der Waals surface area contributed by atoms with E-state index in [2.05, 4.69) is 17.4 Å². The molecule has 2 aromatic rings. The van der Waals surface area contributed by atoms with Crippen LogP contribution in [0.2, 0.25) is 0 Å².